The molecule has 1 aliphatic carbocycles. The summed E-state index contributed by atoms with van der Waals surface area (Å²) in [6, 6.07) is 10.0. The van der Waals surface area contributed by atoms with E-state index in [4.69, 9.17) is 9.97 Å². The van der Waals surface area contributed by atoms with Crippen LogP contribution in [0.5, 0.6) is 0 Å². The molecule has 4 rings (SSSR count). The molecule has 2 heterocycles. The molecule has 1 saturated heterocycles. The first-order valence-electron chi connectivity index (χ1n) is 11.1. The van der Waals surface area contributed by atoms with Gasteiger partial charge in [-0.1, -0.05) is 38.3 Å². The van der Waals surface area contributed by atoms with Gasteiger partial charge in [0.2, 0.25) is 5.91 Å². The van der Waals surface area contributed by atoms with Crippen LogP contribution >= 0.6 is 0 Å². The van der Waals surface area contributed by atoms with E-state index in [1.807, 2.05) is 24.3 Å². The Bertz CT molecular complexity index is 925. The molecule has 2 aliphatic rings. The number of amides is 1. The summed E-state index contributed by atoms with van der Waals surface area (Å²) < 4.78 is 0. The normalized spacial score (nSPS) is 19.4. The van der Waals surface area contributed by atoms with E-state index in [0.29, 0.717) is 17.0 Å². The molecule has 0 bridgehead atoms. The highest BCUT2D eigenvalue weighted by atomic mass is 16.2. The van der Waals surface area contributed by atoms with Crippen molar-refractivity contribution in [1.29, 1.82) is 5.26 Å². The van der Waals surface area contributed by atoms with Crippen LogP contribution in [-0.4, -0.2) is 59.5 Å². The molecule has 2 aromatic rings. The molecule has 1 aromatic carbocycles. The summed E-state index contributed by atoms with van der Waals surface area (Å²) in [4.78, 5) is 27.3. The third-order valence-electron chi connectivity index (χ3n) is 6.31. The molecular formula is C23H30N6O. The third kappa shape index (κ3) is 4.39. The summed E-state index contributed by atoms with van der Waals surface area (Å²) in [5.74, 6) is -0.527. The molecule has 1 unspecified atom stereocenters. The van der Waals surface area contributed by atoms with E-state index >= 15 is 0 Å². The number of aromatic nitrogens is 2. The topological polar surface area (TPSA) is 85.2 Å². The van der Waals surface area contributed by atoms with Gasteiger partial charge in [-0.05, 0) is 31.5 Å². The lowest BCUT2D eigenvalue weighted by atomic mass is 9.94. The van der Waals surface area contributed by atoms with Gasteiger partial charge in [0.05, 0.1) is 17.1 Å². The number of carbonyl (C=O) groups excluding carboxylic acids is 1. The number of benzene rings is 1. The molecule has 1 amide bonds. The molecule has 2 fully saturated rings. The van der Waals surface area contributed by atoms with Crippen molar-refractivity contribution in [1.82, 2.24) is 20.2 Å². The van der Waals surface area contributed by atoms with Gasteiger partial charge < -0.3 is 15.1 Å². The van der Waals surface area contributed by atoms with Crippen molar-refractivity contribution in [2.24, 2.45) is 0 Å². The number of nitrogens with one attached hydrogen (secondary N) is 1. The largest absolute Gasteiger partial charge is 0.352 e. The summed E-state index contributed by atoms with van der Waals surface area (Å²) in [7, 11) is 0. The average molecular weight is 407 g/mol. The van der Waals surface area contributed by atoms with E-state index in [9.17, 15) is 10.1 Å². The van der Waals surface area contributed by atoms with Gasteiger partial charge in [-0.2, -0.15) is 5.26 Å². The standard InChI is InChI=1S/C23H30N6O/c1-2-28-12-14-29(15-13-28)22-21(26-19-10-6-7-11-20(19)27-22)18(16-24)23(30)25-17-8-4-3-5-9-17/h6-7,10-11,17-18H,2-5,8-9,12-15H2,1H3,(H,25,30). The SMILES string of the molecule is CCN1CCN(c2nc3ccccc3nc2C(C#N)C(=O)NC2CCCCC2)CC1. The number of rotatable bonds is 5. The molecule has 7 heteroatoms. The first kappa shape index (κ1) is 20.5. The molecule has 1 saturated carbocycles. The molecule has 0 spiro atoms. The summed E-state index contributed by atoms with van der Waals surface area (Å²) in [6.07, 6.45) is 5.45. The maximum absolute atomic E-state index is 13.1. The molecule has 158 valence electrons. The van der Waals surface area contributed by atoms with E-state index in [1.54, 1.807) is 0 Å². The Morgan fingerprint density at radius 2 is 1.80 bits per heavy atom. The zero-order valence-electron chi connectivity index (χ0n) is 17.7. The van der Waals surface area contributed by atoms with Crippen LogP contribution in [0.4, 0.5) is 5.82 Å². The van der Waals surface area contributed by atoms with Gasteiger partial charge in [-0.3, -0.25) is 4.79 Å². The van der Waals surface area contributed by atoms with Crippen LogP contribution in [-0.2, 0) is 4.79 Å². The Hall–Kier alpha value is -2.72. The van der Waals surface area contributed by atoms with Crippen LogP contribution in [0.3, 0.4) is 0 Å². The smallest absolute Gasteiger partial charge is 0.243 e. The Morgan fingerprint density at radius 1 is 1.13 bits per heavy atom. The predicted octanol–water partition coefficient (Wildman–Crippen LogP) is 2.83. The average Bonchev–Trinajstić information content (AvgIpc) is 2.80. The third-order valence-corrected chi connectivity index (χ3v) is 6.31. The number of likely N-dealkylation sites (N-methyl/N-ethyl adjacent to an activating group) is 1. The fourth-order valence-corrected chi connectivity index (χ4v) is 4.48. The summed E-state index contributed by atoms with van der Waals surface area (Å²) in [5, 5.41) is 13.1. The van der Waals surface area contributed by atoms with E-state index in [2.05, 4.69) is 28.1 Å². The zero-order valence-corrected chi connectivity index (χ0v) is 17.7. The Kier molecular flexibility index (Phi) is 6.44. The number of piperazine rings is 1. The highest BCUT2D eigenvalue weighted by Crippen LogP contribution is 2.28. The van der Waals surface area contributed by atoms with Crippen LogP contribution in [0.1, 0.15) is 50.6 Å². The summed E-state index contributed by atoms with van der Waals surface area (Å²) in [5.41, 5.74) is 1.99. The van der Waals surface area contributed by atoms with Crippen LogP contribution in [0.15, 0.2) is 24.3 Å². The Labute approximate surface area is 178 Å². The number of para-hydroxylation sites is 2. The van der Waals surface area contributed by atoms with Gasteiger partial charge in [-0.15, -0.1) is 0 Å². The Balaban J connectivity index is 1.66. The molecule has 7 nitrogen and oxygen atoms in total. The van der Waals surface area contributed by atoms with Gasteiger partial charge in [0.25, 0.3) is 0 Å². The first-order chi connectivity index (χ1) is 14.7. The van der Waals surface area contributed by atoms with Crippen molar-refractivity contribution in [3.8, 4) is 6.07 Å². The number of nitriles is 1. The van der Waals surface area contributed by atoms with E-state index < -0.39 is 5.92 Å². The summed E-state index contributed by atoms with van der Waals surface area (Å²) in [6.45, 7) is 6.70. The zero-order chi connectivity index (χ0) is 20.9. The van der Waals surface area contributed by atoms with Crippen LogP contribution in [0, 0.1) is 11.3 Å². The predicted molar refractivity (Wildman–Crippen MR) is 117 cm³/mol. The number of carbonyl (C=O) groups is 1. The van der Waals surface area contributed by atoms with Gasteiger partial charge in [0.1, 0.15) is 5.69 Å². The molecule has 0 radical (unpaired) electrons. The van der Waals surface area contributed by atoms with Crippen molar-refractivity contribution in [3.63, 3.8) is 0 Å². The molecule has 1 aliphatic heterocycles. The minimum Gasteiger partial charge on any atom is -0.352 e. The maximum Gasteiger partial charge on any atom is 0.243 e. The van der Waals surface area contributed by atoms with E-state index in [-0.39, 0.29) is 11.9 Å². The fraction of sp³-hybridized carbons (Fsp3) is 0.565. The number of nitrogens with zero attached hydrogens (tertiary/aromatic N) is 5. The van der Waals surface area contributed by atoms with Gasteiger partial charge in [-0.25, -0.2) is 9.97 Å². The second-order valence-corrected chi connectivity index (χ2v) is 8.25. The Morgan fingerprint density at radius 3 is 2.43 bits per heavy atom. The lowest BCUT2D eigenvalue weighted by Gasteiger charge is -2.35. The number of fused-ring (bicyclic) bond motifs is 1. The monoisotopic (exact) mass is 406 g/mol. The molecule has 1 aromatic heterocycles. The van der Waals surface area contributed by atoms with Crippen molar-refractivity contribution < 1.29 is 4.79 Å². The van der Waals surface area contributed by atoms with Gasteiger partial charge in [0.15, 0.2) is 11.7 Å². The minimum atomic E-state index is -0.955. The van der Waals surface area contributed by atoms with Crippen molar-refractivity contribution in [3.05, 3.63) is 30.0 Å². The fourth-order valence-electron chi connectivity index (χ4n) is 4.48. The van der Waals surface area contributed by atoms with E-state index in [1.165, 1.54) is 6.42 Å². The molecule has 30 heavy (non-hydrogen) atoms. The maximum atomic E-state index is 13.1. The van der Waals surface area contributed by atoms with Crippen molar-refractivity contribution >= 4 is 22.8 Å². The quantitative estimate of drug-likeness (QED) is 0.822. The lowest BCUT2D eigenvalue weighted by Crippen LogP contribution is -2.47. The van der Waals surface area contributed by atoms with Crippen molar-refractivity contribution in [2.45, 2.75) is 51.0 Å². The molecular weight excluding hydrogens is 376 g/mol. The second-order valence-electron chi connectivity index (χ2n) is 8.25. The van der Waals surface area contributed by atoms with E-state index in [0.717, 1.165) is 63.9 Å². The van der Waals surface area contributed by atoms with Gasteiger partial charge >= 0.3 is 0 Å². The molecule has 1 N–H and O–H groups in total. The van der Waals surface area contributed by atoms with Crippen LogP contribution < -0.4 is 10.2 Å². The minimum absolute atomic E-state index is 0.159. The first-order valence-corrected chi connectivity index (χ1v) is 11.1. The lowest BCUT2D eigenvalue weighted by molar-refractivity contribution is -0.122. The highest BCUT2D eigenvalue weighted by Gasteiger charge is 2.31. The highest BCUT2D eigenvalue weighted by molar-refractivity contribution is 5.89. The number of anilines is 1. The van der Waals surface area contributed by atoms with Crippen molar-refractivity contribution in [2.75, 3.05) is 37.6 Å². The van der Waals surface area contributed by atoms with Gasteiger partial charge in [0, 0.05) is 32.2 Å². The second kappa shape index (κ2) is 9.40. The van der Waals surface area contributed by atoms with Crippen LogP contribution in [0.25, 0.3) is 11.0 Å². The molecule has 1 atom stereocenters. The number of hydrogen-bond acceptors (Lipinski definition) is 6. The number of hydrogen-bond donors (Lipinski definition) is 1. The van der Waals surface area contributed by atoms with Crippen LogP contribution in [0.2, 0.25) is 0 Å². The summed E-state index contributed by atoms with van der Waals surface area (Å²) >= 11 is 0.